The van der Waals surface area contributed by atoms with Gasteiger partial charge in [0.2, 0.25) is 6.10 Å². The molecule has 0 bridgehead atoms. The lowest BCUT2D eigenvalue weighted by atomic mass is 10.1. The molecule has 0 amide bonds. The number of carbonyl (C=O) groups excluding carboxylic acids is 2. The lowest BCUT2D eigenvalue weighted by Gasteiger charge is -2.17. The first-order valence-electron chi connectivity index (χ1n) is 7.17. The van der Waals surface area contributed by atoms with E-state index in [-0.39, 0.29) is 19.4 Å². The zero-order valence-corrected chi connectivity index (χ0v) is 12.5. The van der Waals surface area contributed by atoms with Crippen molar-refractivity contribution in [1.29, 1.82) is 0 Å². The molecular weight excluding hydrogens is 288 g/mol. The Balaban J connectivity index is 2.72. The van der Waals surface area contributed by atoms with Gasteiger partial charge in [0.15, 0.2) is 0 Å². The van der Waals surface area contributed by atoms with Crippen LogP contribution in [-0.2, 0) is 23.9 Å². The highest BCUT2D eigenvalue weighted by molar-refractivity contribution is 5.82. The molecule has 0 unspecified atom stereocenters. The Kier molecular flexibility index (Phi) is 7.67. The van der Waals surface area contributed by atoms with Crippen molar-refractivity contribution in [1.82, 2.24) is 0 Å². The Bertz CT molecular complexity index is 497. The second kappa shape index (κ2) is 9.55. The van der Waals surface area contributed by atoms with Gasteiger partial charge in [0.25, 0.3) is 0 Å². The van der Waals surface area contributed by atoms with Crippen molar-refractivity contribution < 1.29 is 29.0 Å². The van der Waals surface area contributed by atoms with Gasteiger partial charge in [0.1, 0.15) is 0 Å². The largest absolute Gasteiger partial charge is 0.481 e. The summed E-state index contributed by atoms with van der Waals surface area (Å²) in [5, 5.41) is 8.57. The minimum atomic E-state index is -1.17. The number of carboxylic acid groups (broad SMARTS) is 1. The van der Waals surface area contributed by atoms with Crippen molar-refractivity contribution in [2.45, 2.75) is 38.7 Å². The molecular formula is C16H20O6. The minimum absolute atomic E-state index is 0.255. The number of hydrogen-bond acceptors (Lipinski definition) is 5. The summed E-state index contributed by atoms with van der Waals surface area (Å²) < 4.78 is 10.2. The maximum atomic E-state index is 12.1. The molecule has 1 rings (SSSR count). The van der Waals surface area contributed by atoms with Crippen LogP contribution in [-0.4, -0.2) is 29.6 Å². The normalized spacial score (nSPS) is 11.5. The molecule has 120 valence electrons. The molecule has 1 atom stereocenters. The first kappa shape index (κ1) is 17.7. The molecule has 22 heavy (non-hydrogen) atoms. The summed E-state index contributed by atoms with van der Waals surface area (Å²) in [5.74, 6) is -2.49. The van der Waals surface area contributed by atoms with E-state index in [1.54, 1.807) is 30.3 Å². The van der Waals surface area contributed by atoms with Gasteiger partial charge in [-0.25, -0.2) is 4.79 Å². The van der Waals surface area contributed by atoms with E-state index in [9.17, 15) is 14.4 Å². The molecule has 1 aromatic carbocycles. The zero-order chi connectivity index (χ0) is 16.4. The Labute approximate surface area is 129 Å². The zero-order valence-electron chi connectivity index (χ0n) is 12.5. The van der Waals surface area contributed by atoms with Gasteiger partial charge in [-0.2, -0.15) is 0 Å². The maximum Gasteiger partial charge on any atom is 0.352 e. The molecule has 0 heterocycles. The lowest BCUT2D eigenvalue weighted by Crippen LogP contribution is -2.22. The standard InChI is InChI=1S/C16H20O6/c1-2-3-11-21-16(20)15(12-7-5-4-6-8-12)22-14(19)10-9-13(17)18/h4-8,15H,2-3,9-11H2,1H3,(H,17,18)/t15-/m0/s1. The van der Waals surface area contributed by atoms with Crippen molar-refractivity contribution in [3.8, 4) is 0 Å². The molecule has 0 aromatic heterocycles. The summed E-state index contributed by atoms with van der Waals surface area (Å²) >= 11 is 0. The van der Waals surface area contributed by atoms with Gasteiger partial charge in [-0.15, -0.1) is 0 Å². The third kappa shape index (κ3) is 6.39. The van der Waals surface area contributed by atoms with Gasteiger partial charge in [0, 0.05) is 5.56 Å². The SMILES string of the molecule is CCCCOC(=O)[C@@H](OC(=O)CCC(=O)O)c1ccccc1. The van der Waals surface area contributed by atoms with Crippen LogP contribution >= 0.6 is 0 Å². The number of benzene rings is 1. The second-order valence-corrected chi connectivity index (χ2v) is 4.70. The van der Waals surface area contributed by atoms with Crippen LogP contribution in [0.5, 0.6) is 0 Å². The molecule has 1 N–H and O–H groups in total. The molecule has 0 aliphatic heterocycles. The first-order valence-corrected chi connectivity index (χ1v) is 7.17. The van der Waals surface area contributed by atoms with Crippen LogP contribution in [0.15, 0.2) is 30.3 Å². The fourth-order valence-electron chi connectivity index (χ4n) is 1.67. The highest BCUT2D eigenvalue weighted by Crippen LogP contribution is 2.20. The monoisotopic (exact) mass is 308 g/mol. The predicted molar refractivity (Wildman–Crippen MR) is 78.0 cm³/mol. The summed E-state index contributed by atoms with van der Waals surface area (Å²) in [6, 6.07) is 8.50. The van der Waals surface area contributed by atoms with Crippen molar-refractivity contribution in [3.05, 3.63) is 35.9 Å². The fraction of sp³-hybridized carbons (Fsp3) is 0.438. The number of carbonyl (C=O) groups is 3. The number of esters is 2. The highest BCUT2D eigenvalue weighted by atomic mass is 16.6. The van der Waals surface area contributed by atoms with Crippen LogP contribution in [0.4, 0.5) is 0 Å². The first-order chi connectivity index (χ1) is 10.5. The maximum absolute atomic E-state index is 12.1. The van der Waals surface area contributed by atoms with Crippen LogP contribution in [0.3, 0.4) is 0 Å². The lowest BCUT2D eigenvalue weighted by molar-refractivity contribution is -0.169. The minimum Gasteiger partial charge on any atom is -0.481 e. The van der Waals surface area contributed by atoms with Gasteiger partial charge in [0.05, 0.1) is 19.4 Å². The van der Waals surface area contributed by atoms with E-state index in [0.717, 1.165) is 12.8 Å². The van der Waals surface area contributed by atoms with E-state index in [4.69, 9.17) is 14.6 Å². The van der Waals surface area contributed by atoms with E-state index >= 15 is 0 Å². The number of rotatable bonds is 9. The quantitative estimate of drug-likeness (QED) is 0.557. The Morgan fingerprint density at radius 3 is 2.41 bits per heavy atom. The molecule has 0 radical (unpaired) electrons. The fourth-order valence-corrected chi connectivity index (χ4v) is 1.67. The van der Waals surface area contributed by atoms with Gasteiger partial charge >= 0.3 is 17.9 Å². The summed E-state index contributed by atoms with van der Waals surface area (Å²) in [6.07, 6.45) is -0.201. The van der Waals surface area contributed by atoms with Gasteiger partial charge in [-0.05, 0) is 6.42 Å². The van der Waals surface area contributed by atoms with Crippen molar-refractivity contribution in [3.63, 3.8) is 0 Å². The van der Waals surface area contributed by atoms with Gasteiger partial charge in [-0.1, -0.05) is 43.7 Å². The molecule has 1 aromatic rings. The van der Waals surface area contributed by atoms with Gasteiger partial charge < -0.3 is 14.6 Å². The predicted octanol–water partition coefficient (Wildman–Crippen LogP) is 2.48. The van der Waals surface area contributed by atoms with Gasteiger partial charge in [-0.3, -0.25) is 9.59 Å². The van der Waals surface area contributed by atoms with Crippen LogP contribution in [0.1, 0.15) is 44.3 Å². The summed E-state index contributed by atoms with van der Waals surface area (Å²) in [6.45, 7) is 2.22. The topological polar surface area (TPSA) is 89.9 Å². The average molecular weight is 308 g/mol. The third-order valence-corrected chi connectivity index (χ3v) is 2.85. The Morgan fingerprint density at radius 1 is 1.14 bits per heavy atom. The van der Waals surface area contributed by atoms with E-state index in [2.05, 4.69) is 0 Å². The molecule has 6 heteroatoms. The molecule has 0 fully saturated rings. The second-order valence-electron chi connectivity index (χ2n) is 4.70. The molecule has 0 aliphatic rings. The molecule has 6 nitrogen and oxygen atoms in total. The summed E-state index contributed by atoms with van der Waals surface area (Å²) in [5.41, 5.74) is 0.493. The van der Waals surface area contributed by atoms with E-state index in [1.807, 2.05) is 6.92 Å². The van der Waals surface area contributed by atoms with Crippen molar-refractivity contribution >= 4 is 17.9 Å². The molecule has 0 saturated heterocycles. The molecule has 0 aliphatic carbocycles. The van der Waals surface area contributed by atoms with E-state index in [1.165, 1.54) is 0 Å². The average Bonchev–Trinajstić information content (AvgIpc) is 2.51. The van der Waals surface area contributed by atoms with E-state index in [0.29, 0.717) is 5.56 Å². The Morgan fingerprint density at radius 2 is 1.82 bits per heavy atom. The van der Waals surface area contributed by atoms with Crippen LogP contribution in [0.2, 0.25) is 0 Å². The Hall–Kier alpha value is -2.37. The van der Waals surface area contributed by atoms with Crippen molar-refractivity contribution in [2.75, 3.05) is 6.61 Å². The number of ether oxygens (including phenoxy) is 2. The number of hydrogen-bond donors (Lipinski definition) is 1. The van der Waals surface area contributed by atoms with Crippen LogP contribution in [0, 0.1) is 0 Å². The van der Waals surface area contributed by atoms with E-state index < -0.39 is 24.0 Å². The number of aliphatic carboxylic acids is 1. The number of carboxylic acids is 1. The third-order valence-electron chi connectivity index (χ3n) is 2.85. The highest BCUT2D eigenvalue weighted by Gasteiger charge is 2.26. The summed E-state index contributed by atoms with van der Waals surface area (Å²) in [4.78, 5) is 34.2. The molecule has 0 spiro atoms. The van der Waals surface area contributed by atoms with Crippen LogP contribution < -0.4 is 0 Å². The smallest absolute Gasteiger partial charge is 0.352 e. The number of unbranched alkanes of at least 4 members (excludes halogenated alkanes) is 1. The summed E-state index contributed by atoms with van der Waals surface area (Å²) in [7, 11) is 0. The molecule has 0 saturated carbocycles. The van der Waals surface area contributed by atoms with Crippen molar-refractivity contribution in [2.24, 2.45) is 0 Å². The van der Waals surface area contributed by atoms with Crippen LogP contribution in [0.25, 0.3) is 0 Å².